The number of nitrogen functional groups attached to an aromatic ring is 1. The van der Waals surface area contributed by atoms with Gasteiger partial charge in [-0.3, -0.25) is 4.79 Å². The largest absolute Gasteiger partial charge is 0.505 e. The van der Waals surface area contributed by atoms with Crippen molar-refractivity contribution in [3.05, 3.63) is 53.1 Å². The summed E-state index contributed by atoms with van der Waals surface area (Å²) in [6.07, 6.45) is 0. The number of aryl methyl sites for hydroxylation is 2. The summed E-state index contributed by atoms with van der Waals surface area (Å²) >= 11 is 0. The summed E-state index contributed by atoms with van der Waals surface area (Å²) in [5.74, 6) is -0.260. The predicted molar refractivity (Wildman–Crippen MR) is 76.4 cm³/mol. The molecule has 19 heavy (non-hydrogen) atoms. The highest BCUT2D eigenvalue weighted by atomic mass is 16.3. The van der Waals surface area contributed by atoms with Gasteiger partial charge in [0, 0.05) is 5.69 Å². The van der Waals surface area contributed by atoms with Crippen LogP contribution < -0.4 is 11.1 Å². The Hall–Kier alpha value is -2.49. The fourth-order valence-electron chi connectivity index (χ4n) is 1.82. The Morgan fingerprint density at radius 1 is 1.21 bits per heavy atom. The first-order chi connectivity index (χ1) is 8.99. The topological polar surface area (TPSA) is 75.4 Å². The molecule has 2 aromatic carbocycles. The minimum atomic E-state index is -0.331. The van der Waals surface area contributed by atoms with Crippen molar-refractivity contribution in [2.75, 3.05) is 11.1 Å². The molecule has 0 radical (unpaired) electrons. The second-order valence-corrected chi connectivity index (χ2v) is 4.52. The van der Waals surface area contributed by atoms with Crippen molar-refractivity contribution < 1.29 is 9.90 Å². The SMILES string of the molecule is Cc1ccc(N)c(C(=O)Nc2cccc(C)c2O)c1. The Bertz CT molecular complexity index is 636. The van der Waals surface area contributed by atoms with Gasteiger partial charge in [0.15, 0.2) is 0 Å². The van der Waals surface area contributed by atoms with Crippen LogP contribution in [-0.4, -0.2) is 11.0 Å². The summed E-state index contributed by atoms with van der Waals surface area (Å²) in [7, 11) is 0. The Kier molecular flexibility index (Phi) is 3.42. The summed E-state index contributed by atoms with van der Waals surface area (Å²) in [5.41, 5.74) is 8.64. The number of carbonyl (C=O) groups excluding carboxylic acids is 1. The molecule has 0 aliphatic heterocycles. The number of nitrogens with two attached hydrogens (primary N) is 1. The molecule has 0 bridgehead atoms. The number of nitrogens with one attached hydrogen (secondary N) is 1. The molecule has 98 valence electrons. The Morgan fingerprint density at radius 3 is 2.68 bits per heavy atom. The molecule has 0 unspecified atom stereocenters. The van der Waals surface area contributed by atoms with Crippen LogP contribution >= 0.6 is 0 Å². The standard InChI is InChI=1S/C15H16N2O2/c1-9-6-7-12(16)11(8-9)15(19)17-13-5-3-4-10(2)14(13)18/h3-8,18H,16H2,1-2H3,(H,17,19). The zero-order valence-electron chi connectivity index (χ0n) is 10.9. The molecule has 2 rings (SSSR count). The van der Waals surface area contributed by atoms with Gasteiger partial charge in [-0.25, -0.2) is 0 Å². The molecule has 0 saturated heterocycles. The van der Waals surface area contributed by atoms with Gasteiger partial charge in [-0.2, -0.15) is 0 Å². The van der Waals surface area contributed by atoms with E-state index in [0.717, 1.165) is 5.56 Å². The van der Waals surface area contributed by atoms with E-state index in [1.165, 1.54) is 0 Å². The van der Waals surface area contributed by atoms with E-state index in [1.54, 1.807) is 37.3 Å². The number of benzene rings is 2. The third-order valence-corrected chi connectivity index (χ3v) is 2.94. The van der Waals surface area contributed by atoms with Crippen molar-refractivity contribution in [1.29, 1.82) is 0 Å². The van der Waals surface area contributed by atoms with Crippen LogP contribution in [0.4, 0.5) is 11.4 Å². The Labute approximate surface area is 111 Å². The molecular weight excluding hydrogens is 240 g/mol. The van der Waals surface area contributed by atoms with Crippen LogP contribution in [0.1, 0.15) is 21.5 Å². The Balaban J connectivity index is 2.31. The molecule has 4 nitrogen and oxygen atoms in total. The van der Waals surface area contributed by atoms with Crippen molar-refractivity contribution in [2.24, 2.45) is 0 Å². The lowest BCUT2D eigenvalue weighted by molar-refractivity contribution is 0.102. The summed E-state index contributed by atoms with van der Waals surface area (Å²) in [6.45, 7) is 3.66. The van der Waals surface area contributed by atoms with Crippen molar-refractivity contribution in [1.82, 2.24) is 0 Å². The van der Waals surface area contributed by atoms with E-state index in [1.807, 2.05) is 13.0 Å². The number of carbonyl (C=O) groups is 1. The predicted octanol–water partition coefficient (Wildman–Crippen LogP) is 2.84. The van der Waals surface area contributed by atoms with E-state index in [0.29, 0.717) is 22.5 Å². The maximum Gasteiger partial charge on any atom is 0.257 e. The van der Waals surface area contributed by atoms with Crippen LogP contribution in [-0.2, 0) is 0 Å². The van der Waals surface area contributed by atoms with E-state index >= 15 is 0 Å². The molecule has 4 N–H and O–H groups in total. The van der Waals surface area contributed by atoms with Crippen molar-refractivity contribution >= 4 is 17.3 Å². The zero-order valence-corrected chi connectivity index (χ0v) is 10.9. The van der Waals surface area contributed by atoms with Gasteiger partial charge in [0.1, 0.15) is 5.75 Å². The third kappa shape index (κ3) is 2.68. The monoisotopic (exact) mass is 256 g/mol. The molecule has 0 aliphatic rings. The fourth-order valence-corrected chi connectivity index (χ4v) is 1.82. The number of anilines is 2. The van der Waals surface area contributed by atoms with Crippen LogP contribution in [0.3, 0.4) is 0 Å². The van der Waals surface area contributed by atoms with Crippen LogP contribution in [0.25, 0.3) is 0 Å². The molecule has 0 atom stereocenters. The number of hydrogen-bond donors (Lipinski definition) is 3. The van der Waals surface area contributed by atoms with Gasteiger partial charge in [0.25, 0.3) is 5.91 Å². The second kappa shape index (κ2) is 5.02. The van der Waals surface area contributed by atoms with Crippen molar-refractivity contribution in [3.8, 4) is 5.75 Å². The summed E-state index contributed by atoms with van der Waals surface area (Å²) in [4.78, 5) is 12.1. The summed E-state index contributed by atoms with van der Waals surface area (Å²) < 4.78 is 0. The number of rotatable bonds is 2. The van der Waals surface area contributed by atoms with Gasteiger partial charge >= 0.3 is 0 Å². The number of hydrogen-bond acceptors (Lipinski definition) is 3. The smallest absolute Gasteiger partial charge is 0.257 e. The number of amides is 1. The van der Waals surface area contributed by atoms with Crippen molar-refractivity contribution in [3.63, 3.8) is 0 Å². The molecule has 4 heteroatoms. The van der Waals surface area contributed by atoms with Gasteiger partial charge < -0.3 is 16.2 Å². The summed E-state index contributed by atoms with van der Waals surface area (Å²) in [5, 5.41) is 12.5. The average molecular weight is 256 g/mol. The van der Waals surface area contributed by atoms with E-state index in [-0.39, 0.29) is 11.7 Å². The minimum absolute atomic E-state index is 0.0714. The number of aromatic hydroxyl groups is 1. The third-order valence-electron chi connectivity index (χ3n) is 2.94. The molecule has 0 fully saturated rings. The molecule has 2 aromatic rings. The number of phenolic OH excluding ortho intramolecular Hbond substituents is 1. The maximum atomic E-state index is 12.1. The number of phenols is 1. The summed E-state index contributed by atoms with van der Waals surface area (Å²) in [6, 6.07) is 10.4. The first-order valence-electron chi connectivity index (χ1n) is 5.95. The van der Waals surface area contributed by atoms with Crippen LogP contribution in [0.15, 0.2) is 36.4 Å². The van der Waals surface area contributed by atoms with Gasteiger partial charge in [-0.1, -0.05) is 23.8 Å². The van der Waals surface area contributed by atoms with Gasteiger partial charge in [-0.05, 0) is 37.6 Å². The van der Waals surface area contributed by atoms with Crippen LogP contribution in [0, 0.1) is 13.8 Å². The molecule has 0 aliphatic carbocycles. The first kappa shape index (κ1) is 13.0. The van der Waals surface area contributed by atoms with E-state index in [2.05, 4.69) is 5.32 Å². The minimum Gasteiger partial charge on any atom is -0.505 e. The average Bonchev–Trinajstić information content (AvgIpc) is 2.38. The van der Waals surface area contributed by atoms with Gasteiger partial charge in [0.2, 0.25) is 0 Å². The molecule has 1 amide bonds. The molecule has 0 heterocycles. The Morgan fingerprint density at radius 2 is 1.95 bits per heavy atom. The first-order valence-corrected chi connectivity index (χ1v) is 5.95. The highest BCUT2D eigenvalue weighted by Crippen LogP contribution is 2.27. The fraction of sp³-hybridized carbons (Fsp3) is 0.133. The van der Waals surface area contributed by atoms with Gasteiger partial charge in [-0.15, -0.1) is 0 Å². The maximum absolute atomic E-state index is 12.1. The van der Waals surface area contributed by atoms with E-state index in [4.69, 9.17) is 5.73 Å². The zero-order chi connectivity index (χ0) is 14.0. The lowest BCUT2D eigenvalue weighted by atomic mass is 10.1. The lowest BCUT2D eigenvalue weighted by Gasteiger charge is -2.10. The second-order valence-electron chi connectivity index (χ2n) is 4.52. The number of para-hydroxylation sites is 1. The van der Waals surface area contributed by atoms with E-state index in [9.17, 15) is 9.90 Å². The van der Waals surface area contributed by atoms with Crippen LogP contribution in [0.2, 0.25) is 0 Å². The molecule has 0 aromatic heterocycles. The highest BCUT2D eigenvalue weighted by Gasteiger charge is 2.12. The van der Waals surface area contributed by atoms with Crippen LogP contribution in [0.5, 0.6) is 5.75 Å². The van der Waals surface area contributed by atoms with Gasteiger partial charge in [0.05, 0.1) is 11.3 Å². The normalized spacial score (nSPS) is 10.2. The molecule has 0 spiro atoms. The van der Waals surface area contributed by atoms with Crippen molar-refractivity contribution in [2.45, 2.75) is 13.8 Å². The lowest BCUT2D eigenvalue weighted by Crippen LogP contribution is -2.14. The quantitative estimate of drug-likeness (QED) is 0.571. The van der Waals surface area contributed by atoms with E-state index < -0.39 is 0 Å². The highest BCUT2D eigenvalue weighted by molar-refractivity contribution is 6.08. The molecular formula is C15H16N2O2. The molecule has 0 saturated carbocycles.